The predicted molar refractivity (Wildman–Crippen MR) is 163 cm³/mol. The van der Waals surface area contributed by atoms with Gasteiger partial charge in [-0.25, -0.2) is 0 Å². The zero-order valence-corrected chi connectivity index (χ0v) is 25.1. The Labute approximate surface area is 243 Å². The van der Waals surface area contributed by atoms with Crippen LogP contribution in [0.4, 0.5) is 16.4 Å². The van der Waals surface area contributed by atoms with Gasteiger partial charge in [0.1, 0.15) is 22.0 Å². The fraction of sp³-hybridized carbons (Fsp3) is 0.600. The summed E-state index contributed by atoms with van der Waals surface area (Å²) >= 11 is 1.16. The highest BCUT2D eigenvalue weighted by molar-refractivity contribution is 7.16. The van der Waals surface area contributed by atoms with E-state index in [9.17, 15) is 5.11 Å². The number of benzene rings is 1. The molecule has 1 atom stereocenters. The topological polar surface area (TPSA) is 162 Å². The van der Waals surface area contributed by atoms with Crippen LogP contribution in [0.3, 0.4) is 0 Å². The first kappa shape index (κ1) is 35.2. The third kappa shape index (κ3) is 13.5. The summed E-state index contributed by atoms with van der Waals surface area (Å²) in [5.41, 5.74) is 15.4. The fourth-order valence-corrected chi connectivity index (χ4v) is 4.81. The number of nitrogens with zero attached hydrogens (tertiary/aromatic N) is 3. The largest absolute Gasteiger partial charge is 0.399 e. The summed E-state index contributed by atoms with van der Waals surface area (Å²) in [6.45, 7) is 9.17. The number of aliphatic hydroxyl groups is 2. The number of anilines is 3. The molecule has 0 saturated heterocycles. The van der Waals surface area contributed by atoms with E-state index in [1.165, 1.54) is 32.1 Å². The number of thiophene rings is 1. The van der Waals surface area contributed by atoms with E-state index in [4.69, 9.17) is 36.6 Å². The first-order chi connectivity index (χ1) is 19.3. The number of hydrogen-bond donors (Lipinski definition) is 4. The summed E-state index contributed by atoms with van der Waals surface area (Å²) < 4.78 is 11.1. The van der Waals surface area contributed by atoms with Crippen molar-refractivity contribution in [1.29, 1.82) is 10.5 Å². The van der Waals surface area contributed by atoms with Crippen LogP contribution in [0.5, 0.6) is 0 Å². The molecule has 1 aromatic carbocycles. The zero-order chi connectivity index (χ0) is 29.8. The monoisotopic (exact) mass is 573 g/mol. The molecule has 2 aromatic rings. The van der Waals surface area contributed by atoms with Crippen LogP contribution in [0.2, 0.25) is 0 Å². The molecule has 0 spiro atoms. The Morgan fingerprint density at radius 1 is 0.975 bits per heavy atom. The molecule has 0 saturated carbocycles. The van der Waals surface area contributed by atoms with E-state index >= 15 is 0 Å². The molecular weight excluding hydrogens is 526 g/mol. The third-order valence-corrected chi connectivity index (χ3v) is 7.48. The number of nitriles is 2. The van der Waals surface area contributed by atoms with Gasteiger partial charge in [0, 0.05) is 24.5 Å². The fourth-order valence-electron chi connectivity index (χ4n) is 3.99. The molecule has 2 rings (SSSR count). The van der Waals surface area contributed by atoms with E-state index in [-0.39, 0.29) is 12.7 Å². The SMILES string of the molecule is CCCCCCCCC(O)COCCN(CCOCCO)c1ccc(N)c(C)c1.Cc1c(C#N)sc(N)c1C#N. The van der Waals surface area contributed by atoms with Gasteiger partial charge in [-0.15, -0.1) is 11.3 Å². The lowest BCUT2D eigenvalue weighted by atomic mass is 10.1. The molecule has 40 heavy (non-hydrogen) atoms. The van der Waals surface area contributed by atoms with Gasteiger partial charge in [0.25, 0.3) is 0 Å². The number of rotatable bonds is 18. The molecule has 0 amide bonds. The van der Waals surface area contributed by atoms with Crippen LogP contribution in [0.1, 0.15) is 73.4 Å². The molecule has 0 aliphatic heterocycles. The third-order valence-electron chi connectivity index (χ3n) is 6.45. The normalized spacial score (nSPS) is 11.3. The molecule has 6 N–H and O–H groups in total. The lowest BCUT2D eigenvalue weighted by molar-refractivity contribution is 0.0335. The first-order valence-electron chi connectivity index (χ1n) is 14.0. The van der Waals surface area contributed by atoms with Gasteiger partial charge >= 0.3 is 0 Å². The molecule has 9 nitrogen and oxygen atoms in total. The summed E-state index contributed by atoms with van der Waals surface area (Å²) in [6.07, 6.45) is 7.80. The minimum absolute atomic E-state index is 0.0284. The number of aliphatic hydroxyl groups excluding tert-OH is 2. The molecule has 0 radical (unpaired) electrons. The maximum atomic E-state index is 10.1. The van der Waals surface area contributed by atoms with Crippen LogP contribution >= 0.6 is 11.3 Å². The van der Waals surface area contributed by atoms with E-state index in [0.717, 1.165) is 41.1 Å². The summed E-state index contributed by atoms with van der Waals surface area (Å²) in [5.74, 6) is 0. The average Bonchev–Trinajstić information content (AvgIpc) is 3.23. The second kappa shape index (κ2) is 21.0. The van der Waals surface area contributed by atoms with Crippen molar-refractivity contribution in [1.82, 2.24) is 0 Å². The Kier molecular flexibility index (Phi) is 18.4. The second-order valence-electron chi connectivity index (χ2n) is 9.67. The van der Waals surface area contributed by atoms with Crippen molar-refractivity contribution in [3.05, 3.63) is 39.8 Å². The van der Waals surface area contributed by atoms with Crippen LogP contribution in [0.25, 0.3) is 0 Å². The minimum atomic E-state index is -0.388. The molecule has 1 unspecified atom stereocenters. The van der Waals surface area contributed by atoms with E-state index in [2.05, 4.69) is 17.9 Å². The summed E-state index contributed by atoms with van der Waals surface area (Å²) in [5, 5.41) is 36.5. The Balaban J connectivity index is 0.000000603. The van der Waals surface area contributed by atoms with Gasteiger partial charge in [-0.2, -0.15) is 10.5 Å². The van der Waals surface area contributed by atoms with E-state index in [1.807, 2.05) is 31.2 Å². The Morgan fingerprint density at radius 2 is 1.65 bits per heavy atom. The van der Waals surface area contributed by atoms with Gasteiger partial charge in [0.15, 0.2) is 0 Å². The predicted octanol–water partition coefficient (Wildman–Crippen LogP) is 4.90. The highest BCUT2D eigenvalue weighted by atomic mass is 32.1. The number of unbranched alkanes of at least 4 members (excludes halogenated alkanes) is 5. The quantitative estimate of drug-likeness (QED) is 0.143. The number of hydrogen-bond acceptors (Lipinski definition) is 10. The summed E-state index contributed by atoms with van der Waals surface area (Å²) in [4.78, 5) is 2.71. The van der Waals surface area contributed by atoms with Crippen LogP contribution < -0.4 is 16.4 Å². The minimum Gasteiger partial charge on any atom is -0.399 e. The van der Waals surface area contributed by atoms with Crippen molar-refractivity contribution in [3.8, 4) is 12.1 Å². The van der Waals surface area contributed by atoms with Crippen LogP contribution in [0.15, 0.2) is 18.2 Å². The van der Waals surface area contributed by atoms with Gasteiger partial charge in [0.05, 0.1) is 44.7 Å². The number of nitrogen functional groups attached to an aromatic ring is 2. The van der Waals surface area contributed by atoms with Crippen molar-refractivity contribution in [2.45, 2.75) is 71.8 Å². The van der Waals surface area contributed by atoms with Crippen molar-refractivity contribution in [2.24, 2.45) is 0 Å². The highest BCUT2D eigenvalue weighted by Crippen LogP contribution is 2.28. The molecular formula is C30H47N5O4S. The van der Waals surface area contributed by atoms with E-state index in [1.54, 1.807) is 6.92 Å². The van der Waals surface area contributed by atoms with E-state index < -0.39 is 0 Å². The van der Waals surface area contributed by atoms with Gasteiger partial charge in [-0.1, -0.05) is 45.4 Å². The molecule has 10 heteroatoms. The summed E-state index contributed by atoms with van der Waals surface area (Å²) in [6, 6.07) is 9.91. The average molecular weight is 574 g/mol. The van der Waals surface area contributed by atoms with Crippen LogP contribution in [0, 0.1) is 36.5 Å². The van der Waals surface area contributed by atoms with Gasteiger partial charge in [-0.05, 0) is 49.6 Å². The lowest BCUT2D eigenvalue weighted by Crippen LogP contribution is -2.32. The Morgan fingerprint density at radius 3 is 2.23 bits per heavy atom. The molecule has 1 heterocycles. The second-order valence-corrected chi connectivity index (χ2v) is 10.7. The van der Waals surface area contributed by atoms with Gasteiger partial charge in [-0.3, -0.25) is 0 Å². The molecule has 0 bridgehead atoms. The van der Waals surface area contributed by atoms with Crippen LogP contribution in [-0.2, 0) is 9.47 Å². The van der Waals surface area contributed by atoms with Crippen molar-refractivity contribution < 1.29 is 19.7 Å². The summed E-state index contributed by atoms with van der Waals surface area (Å²) in [7, 11) is 0. The zero-order valence-electron chi connectivity index (χ0n) is 24.3. The first-order valence-corrected chi connectivity index (χ1v) is 14.8. The number of ether oxygens (including phenoxy) is 2. The van der Waals surface area contributed by atoms with Gasteiger partial charge < -0.3 is 36.1 Å². The maximum absolute atomic E-state index is 10.1. The molecule has 0 fully saturated rings. The highest BCUT2D eigenvalue weighted by Gasteiger charge is 2.11. The molecule has 0 aliphatic carbocycles. The van der Waals surface area contributed by atoms with Crippen molar-refractivity contribution in [3.63, 3.8) is 0 Å². The molecule has 0 aliphatic rings. The van der Waals surface area contributed by atoms with E-state index in [0.29, 0.717) is 60.5 Å². The Bertz CT molecular complexity index is 1060. The van der Waals surface area contributed by atoms with Gasteiger partial charge in [0.2, 0.25) is 0 Å². The standard InChI is InChI=1S/C23H42N2O4.C7H5N3S/c1-3-4-5-6-7-8-9-22(27)19-29-16-13-25(12-15-28-17-14-26)21-10-11-23(24)20(2)18-21;1-4-5(2-8)7(10)11-6(4)3-9/h10-11,18,22,26-27H,3-9,12-17,19,24H2,1-2H3;10H2,1H3. The van der Waals surface area contributed by atoms with Crippen LogP contribution in [-0.4, -0.2) is 62.4 Å². The number of aryl methyl sites for hydroxylation is 1. The lowest BCUT2D eigenvalue weighted by Gasteiger charge is -2.25. The smallest absolute Gasteiger partial charge is 0.111 e. The van der Waals surface area contributed by atoms with Crippen molar-refractivity contribution in [2.75, 3.05) is 62.5 Å². The molecule has 222 valence electrons. The molecule has 1 aromatic heterocycles. The Hall–Kier alpha value is -2.86. The number of nitrogens with two attached hydrogens (primary N) is 2. The van der Waals surface area contributed by atoms with Crippen molar-refractivity contribution >= 4 is 27.7 Å². The maximum Gasteiger partial charge on any atom is 0.111 e.